The molecule has 0 aliphatic carbocycles. The molecule has 0 bridgehead atoms. The van der Waals surface area contributed by atoms with Gasteiger partial charge in [0.15, 0.2) is 0 Å². The average Bonchev–Trinajstić information content (AvgIpc) is 2.12. The molecule has 0 aliphatic rings. The van der Waals surface area contributed by atoms with Gasteiger partial charge in [0, 0.05) is 7.11 Å². The molecule has 1 atom stereocenters. The summed E-state index contributed by atoms with van der Waals surface area (Å²) in [7, 11) is -0.201. The van der Waals surface area contributed by atoms with E-state index in [2.05, 4.69) is 4.74 Å². The molecule has 0 saturated carbocycles. The monoisotopic (exact) mass is 332 g/mol. The number of methoxy groups -OCH3 is 1. The highest BCUT2D eigenvalue weighted by molar-refractivity contribution is 5.05. The first-order chi connectivity index (χ1) is 8.44. The Morgan fingerprint density at radius 3 is 1.20 bits per heavy atom. The Morgan fingerprint density at radius 2 is 1.00 bits per heavy atom. The zero-order valence-corrected chi connectivity index (χ0v) is 9.02. The van der Waals surface area contributed by atoms with Crippen LogP contribution in [0, 0.1) is 0 Å². The molecular weight excluding hydrogens is 328 g/mol. The van der Waals surface area contributed by atoms with Crippen molar-refractivity contribution in [2.45, 2.75) is 36.2 Å². The standard InChI is InChI=1S/C7H4F12O/c1-20-2(4(10,11)12)3(8,9)5(13,14)6(15,16)7(17,18)19/h2H,1H3. The molecule has 0 aromatic carbocycles. The van der Waals surface area contributed by atoms with Crippen molar-refractivity contribution < 1.29 is 57.4 Å². The molecule has 1 unspecified atom stereocenters. The van der Waals surface area contributed by atoms with E-state index in [1.807, 2.05) is 0 Å². The predicted octanol–water partition coefficient (Wildman–Crippen LogP) is 4.03. The SMILES string of the molecule is COC(C(F)(F)F)C(F)(F)C(F)(F)C(F)(F)C(F)(F)F. The van der Waals surface area contributed by atoms with Crippen LogP contribution >= 0.6 is 0 Å². The van der Waals surface area contributed by atoms with Gasteiger partial charge in [-0.1, -0.05) is 0 Å². The van der Waals surface area contributed by atoms with Crippen LogP contribution in [0.25, 0.3) is 0 Å². The Morgan fingerprint density at radius 1 is 0.650 bits per heavy atom. The van der Waals surface area contributed by atoms with Crippen LogP contribution in [0.5, 0.6) is 0 Å². The summed E-state index contributed by atoms with van der Waals surface area (Å²) in [5, 5.41) is 0. The molecular formula is C7H4F12O. The summed E-state index contributed by atoms with van der Waals surface area (Å²) < 4.78 is 149. The quantitative estimate of drug-likeness (QED) is 0.707. The number of hydrogen-bond acceptors (Lipinski definition) is 1. The van der Waals surface area contributed by atoms with E-state index in [-0.39, 0.29) is 7.11 Å². The molecule has 0 radical (unpaired) electrons. The minimum atomic E-state index is -7.40. The number of ether oxygens (including phenoxy) is 1. The number of rotatable bonds is 4. The third-order valence-electron chi connectivity index (χ3n) is 2.03. The van der Waals surface area contributed by atoms with Crippen LogP contribution < -0.4 is 0 Å². The third-order valence-corrected chi connectivity index (χ3v) is 2.03. The van der Waals surface area contributed by atoms with Crippen LogP contribution in [-0.4, -0.2) is 43.3 Å². The number of halogens is 12. The maximum atomic E-state index is 12.8. The van der Waals surface area contributed by atoms with Crippen molar-refractivity contribution in [3.8, 4) is 0 Å². The smallest absolute Gasteiger partial charge is 0.366 e. The highest BCUT2D eigenvalue weighted by Crippen LogP contribution is 2.56. The van der Waals surface area contributed by atoms with Crippen LogP contribution in [-0.2, 0) is 4.74 Å². The molecule has 122 valence electrons. The van der Waals surface area contributed by atoms with E-state index in [1.54, 1.807) is 0 Å². The van der Waals surface area contributed by atoms with Crippen molar-refractivity contribution in [1.82, 2.24) is 0 Å². The van der Waals surface area contributed by atoms with E-state index in [4.69, 9.17) is 0 Å². The van der Waals surface area contributed by atoms with Crippen molar-refractivity contribution in [2.24, 2.45) is 0 Å². The second kappa shape index (κ2) is 4.84. The van der Waals surface area contributed by atoms with Crippen LogP contribution in [0.3, 0.4) is 0 Å². The Hall–Kier alpha value is -0.880. The van der Waals surface area contributed by atoms with Crippen LogP contribution in [0.4, 0.5) is 52.7 Å². The summed E-state index contributed by atoms with van der Waals surface area (Å²) in [6, 6.07) is 0. The highest BCUT2D eigenvalue weighted by atomic mass is 19.4. The van der Waals surface area contributed by atoms with Crippen molar-refractivity contribution in [3.05, 3.63) is 0 Å². The van der Waals surface area contributed by atoms with E-state index in [1.165, 1.54) is 0 Å². The number of hydrogen-bond donors (Lipinski definition) is 0. The van der Waals surface area contributed by atoms with Gasteiger partial charge in [-0.05, 0) is 0 Å². The molecule has 1 nitrogen and oxygen atoms in total. The zero-order chi connectivity index (χ0) is 16.8. The molecule has 0 rings (SSSR count). The fourth-order valence-electron chi connectivity index (χ4n) is 1.04. The molecule has 0 amide bonds. The van der Waals surface area contributed by atoms with Gasteiger partial charge in [0.2, 0.25) is 6.10 Å². The van der Waals surface area contributed by atoms with Crippen molar-refractivity contribution in [3.63, 3.8) is 0 Å². The highest BCUT2D eigenvalue weighted by Gasteiger charge is 2.85. The molecule has 20 heavy (non-hydrogen) atoms. The Kier molecular flexibility index (Phi) is 4.63. The van der Waals surface area contributed by atoms with Crippen LogP contribution in [0.15, 0.2) is 0 Å². The van der Waals surface area contributed by atoms with E-state index >= 15 is 0 Å². The second-order valence-corrected chi connectivity index (χ2v) is 3.43. The Labute approximate surface area is 102 Å². The summed E-state index contributed by atoms with van der Waals surface area (Å²) in [6.07, 6.45) is -18.3. The van der Waals surface area contributed by atoms with Gasteiger partial charge in [0.05, 0.1) is 0 Å². The van der Waals surface area contributed by atoms with Gasteiger partial charge in [-0.2, -0.15) is 52.7 Å². The van der Waals surface area contributed by atoms with Crippen LogP contribution in [0.1, 0.15) is 0 Å². The van der Waals surface area contributed by atoms with E-state index < -0.39 is 36.2 Å². The first-order valence-electron chi connectivity index (χ1n) is 4.24. The van der Waals surface area contributed by atoms with Gasteiger partial charge in [0.1, 0.15) is 0 Å². The van der Waals surface area contributed by atoms with Crippen LogP contribution in [0.2, 0.25) is 0 Å². The predicted molar refractivity (Wildman–Crippen MR) is 37.7 cm³/mol. The molecule has 0 aliphatic heterocycles. The zero-order valence-electron chi connectivity index (χ0n) is 9.02. The molecule has 0 saturated heterocycles. The summed E-state index contributed by atoms with van der Waals surface area (Å²) in [4.78, 5) is 0. The second-order valence-electron chi connectivity index (χ2n) is 3.43. The van der Waals surface area contributed by atoms with Gasteiger partial charge >= 0.3 is 30.1 Å². The van der Waals surface area contributed by atoms with E-state index in [9.17, 15) is 52.7 Å². The lowest BCUT2D eigenvalue weighted by molar-refractivity contribution is -0.421. The molecule has 13 heteroatoms. The van der Waals surface area contributed by atoms with Crippen molar-refractivity contribution in [2.75, 3.05) is 7.11 Å². The maximum absolute atomic E-state index is 12.8. The normalized spacial score (nSPS) is 17.2. The molecule has 0 aromatic heterocycles. The summed E-state index contributed by atoms with van der Waals surface area (Å²) in [5.74, 6) is -21.6. The van der Waals surface area contributed by atoms with Gasteiger partial charge < -0.3 is 4.74 Å². The molecule has 0 N–H and O–H groups in total. The van der Waals surface area contributed by atoms with Gasteiger partial charge in [-0.25, -0.2) is 0 Å². The molecule has 0 spiro atoms. The average molecular weight is 332 g/mol. The minimum absolute atomic E-state index is 0.201. The lowest BCUT2D eigenvalue weighted by Crippen LogP contribution is -2.67. The summed E-state index contributed by atoms with van der Waals surface area (Å²) in [6.45, 7) is 0. The number of alkyl halides is 12. The first kappa shape index (κ1) is 19.1. The van der Waals surface area contributed by atoms with Gasteiger partial charge in [-0.15, -0.1) is 0 Å². The van der Waals surface area contributed by atoms with Crippen molar-refractivity contribution >= 4 is 0 Å². The van der Waals surface area contributed by atoms with E-state index in [0.717, 1.165) is 0 Å². The molecule has 0 aromatic rings. The topological polar surface area (TPSA) is 9.23 Å². The summed E-state index contributed by atoms with van der Waals surface area (Å²) in [5.41, 5.74) is 0. The summed E-state index contributed by atoms with van der Waals surface area (Å²) >= 11 is 0. The fraction of sp³-hybridized carbons (Fsp3) is 1.00. The molecule has 0 fully saturated rings. The minimum Gasteiger partial charge on any atom is -0.366 e. The fourth-order valence-corrected chi connectivity index (χ4v) is 1.04. The Bertz CT molecular complexity index is 339. The first-order valence-corrected chi connectivity index (χ1v) is 4.24. The van der Waals surface area contributed by atoms with E-state index in [0.29, 0.717) is 0 Å². The van der Waals surface area contributed by atoms with Crippen molar-refractivity contribution in [1.29, 1.82) is 0 Å². The largest absolute Gasteiger partial charge is 0.460 e. The lowest BCUT2D eigenvalue weighted by Gasteiger charge is -2.37. The van der Waals surface area contributed by atoms with Gasteiger partial charge in [-0.3, -0.25) is 0 Å². The Balaban J connectivity index is 5.92. The molecule has 0 heterocycles. The maximum Gasteiger partial charge on any atom is 0.460 e. The third kappa shape index (κ3) is 2.76. The lowest BCUT2D eigenvalue weighted by atomic mass is 9.98. The van der Waals surface area contributed by atoms with Gasteiger partial charge in [0.25, 0.3) is 0 Å².